The van der Waals surface area contributed by atoms with Crippen LogP contribution in [0.2, 0.25) is 0 Å². The van der Waals surface area contributed by atoms with Crippen molar-refractivity contribution >= 4 is 51.3 Å². The summed E-state index contributed by atoms with van der Waals surface area (Å²) in [5, 5.41) is 5.48. The third kappa shape index (κ3) is 4.65. The summed E-state index contributed by atoms with van der Waals surface area (Å²) in [6.07, 6.45) is -0.0287. The van der Waals surface area contributed by atoms with Gasteiger partial charge in [0.15, 0.2) is 5.11 Å². The van der Waals surface area contributed by atoms with Crippen molar-refractivity contribution in [3.63, 3.8) is 0 Å². The first-order chi connectivity index (χ1) is 17.5. The van der Waals surface area contributed by atoms with Gasteiger partial charge in [0.25, 0.3) is 5.91 Å². The van der Waals surface area contributed by atoms with Gasteiger partial charge in [0.05, 0.1) is 19.2 Å². The predicted octanol–water partition coefficient (Wildman–Crippen LogP) is 5.38. The number of benzene rings is 4. The molecule has 0 bridgehead atoms. The van der Waals surface area contributed by atoms with Gasteiger partial charge in [0.2, 0.25) is 5.91 Å². The van der Waals surface area contributed by atoms with E-state index in [9.17, 15) is 9.59 Å². The van der Waals surface area contributed by atoms with Gasteiger partial charge < -0.3 is 15.0 Å². The Labute approximate surface area is 215 Å². The van der Waals surface area contributed by atoms with E-state index >= 15 is 0 Å². The smallest absolute Gasteiger partial charge is 0.256 e. The van der Waals surface area contributed by atoms with Crippen molar-refractivity contribution in [2.75, 3.05) is 17.3 Å². The summed E-state index contributed by atoms with van der Waals surface area (Å²) < 4.78 is 5.18. The zero-order chi connectivity index (χ0) is 25.1. The molecule has 1 aliphatic heterocycles. The predicted molar refractivity (Wildman–Crippen MR) is 146 cm³/mol. The van der Waals surface area contributed by atoms with E-state index in [2.05, 4.69) is 23.5 Å². The van der Waals surface area contributed by atoms with Crippen molar-refractivity contribution in [2.24, 2.45) is 0 Å². The number of thiocarbonyl (C=S) groups is 1. The van der Waals surface area contributed by atoms with Gasteiger partial charge in [-0.2, -0.15) is 0 Å². The minimum absolute atomic E-state index is 0.0287. The molecule has 1 atom stereocenters. The van der Waals surface area contributed by atoms with Gasteiger partial charge in [-0.3, -0.25) is 14.5 Å². The second-order valence-corrected chi connectivity index (χ2v) is 8.92. The highest BCUT2D eigenvalue weighted by Crippen LogP contribution is 2.30. The number of hydrogen-bond donors (Lipinski definition) is 1. The van der Waals surface area contributed by atoms with Crippen molar-refractivity contribution in [3.8, 4) is 5.75 Å². The van der Waals surface area contributed by atoms with Crippen LogP contribution < -0.4 is 15.0 Å². The van der Waals surface area contributed by atoms with Crippen LogP contribution in [0.5, 0.6) is 5.75 Å². The number of anilines is 2. The van der Waals surface area contributed by atoms with E-state index in [4.69, 9.17) is 17.0 Å². The zero-order valence-electron chi connectivity index (χ0n) is 19.8. The fourth-order valence-corrected chi connectivity index (χ4v) is 4.89. The SMILES string of the molecule is COc1ccc(NC(=O)C[C@H]2C(=O)N(c3ccccc3)C(=S)N2Cc2cccc3ccccc23)cc1. The number of rotatable bonds is 7. The van der Waals surface area contributed by atoms with E-state index < -0.39 is 6.04 Å². The first-order valence-corrected chi connectivity index (χ1v) is 12.1. The Hall–Kier alpha value is -4.23. The van der Waals surface area contributed by atoms with Gasteiger partial charge in [0.1, 0.15) is 11.8 Å². The number of nitrogens with one attached hydrogen (secondary N) is 1. The van der Waals surface area contributed by atoms with Gasteiger partial charge in [-0.25, -0.2) is 0 Å². The molecule has 180 valence electrons. The first kappa shape index (κ1) is 23.5. The highest BCUT2D eigenvalue weighted by Gasteiger charge is 2.44. The molecule has 5 rings (SSSR count). The van der Waals surface area contributed by atoms with E-state index in [-0.39, 0.29) is 18.2 Å². The van der Waals surface area contributed by atoms with Crippen molar-refractivity contribution in [2.45, 2.75) is 19.0 Å². The maximum absolute atomic E-state index is 13.7. The van der Waals surface area contributed by atoms with Crippen LogP contribution in [0.25, 0.3) is 10.8 Å². The average Bonchev–Trinajstić information content (AvgIpc) is 3.13. The summed E-state index contributed by atoms with van der Waals surface area (Å²) in [5.41, 5.74) is 2.36. The topological polar surface area (TPSA) is 61.9 Å². The van der Waals surface area contributed by atoms with Crippen LogP contribution in [0.3, 0.4) is 0 Å². The molecule has 1 heterocycles. The van der Waals surface area contributed by atoms with Gasteiger partial charge in [-0.05, 0) is 65.0 Å². The Morgan fingerprint density at radius 3 is 2.36 bits per heavy atom. The highest BCUT2D eigenvalue weighted by molar-refractivity contribution is 7.80. The molecule has 0 radical (unpaired) electrons. The summed E-state index contributed by atoms with van der Waals surface area (Å²) in [5.74, 6) is 0.222. The Morgan fingerprint density at radius 2 is 1.61 bits per heavy atom. The molecule has 1 N–H and O–H groups in total. The van der Waals surface area contributed by atoms with Gasteiger partial charge in [-0.1, -0.05) is 60.7 Å². The van der Waals surface area contributed by atoms with Crippen LogP contribution in [0.15, 0.2) is 97.1 Å². The van der Waals surface area contributed by atoms with E-state index in [1.807, 2.05) is 59.5 Å². The standard InChI is InChI=1S/C29H25N3O3S/c1-35-24-16-14-22(15-17-24)30-27(33)18-26-28(34)32(23-11-3-2-4-12-23)29(36)31(26)19-21-10-7-9-20-8-5-6-13-25(20)21/h2-17,26H,18-19H2,1H3,(H,30,33)/t26-/m0/s1. The van der Waals surface area contributed by atoms with E-state index in [0.717, 1.165) is 16.3 Å². The number of carbonyl (C=O) groups is 2. The lowest BCUT2D eigenvalue weighted by atomic mass is 10.0. The molecule has 1 aliphatic rings. The van der Waals surface area contributed by atoms with E-state index in [1.165, 1.54) is 4.90 Å². The third-order valence-electron chi connectivity index (χ3n) is 6.31. The Kier molecular flexibility index (Phi) is 6.64. The monoisotopic (exact) mass is 495 g/mol. The minimum atomic E-state index is -0.727. The second-order valence-electron chi connectivity index (χ2n) is 8.55. The molecule has 0 saturated carbocycles. The van der Waals surface area contributed by atoms with Gasteiger partial charge in [0, 0.05) is 12.2 Å². The molecular weight excluding hydrogens is 470 g/mol. The Balaban J connectivity index is 1.44. The number of hydrogen-bond acceptors (Lipinski definition) is 4. The number of nitrogens with zero attached hydrogens (tertiary/aromatic N) is 2. The van der Waals surface area contributed by atoms with Gasteiger partial charge >= 0.3 is 0 Å². The van der Waals surface area contributed by atoms with Crippen LogP contribution in [0.4, 0.5) is 11.4 Å². The van der Waals surface area contributed by atoms with E-state index in [1.54, 1.807) is 31.4 Å². The lowest BCUT2D eigenvalue weighted by Gasteiger charge is -2.24. The molecular formula is C29H25N3O3S. The van der Waals surface area contributed by atoms with Crippen molar-refractivity contribution in [1.82, 2.24) is 4.90 Å². The quantitative estimate of drug-likeness (QED) is 0.349. The summed E-state index contributed by atoms with van der Waals surface area (Å²) in [7, 11) is 1.59. The highest BCUT2D eigenvalue weighted by atomic mass is 32.1. The maximum atomic E-state index is 13.7. The first-order valence-electron chi connectivity index (χ1n) is 11.7. The lowest BCUT2D eigenvalue weighted by Crippen LogP contribution is -2.37. The summed E-state index contributed by atoms with van der Waals surface area (Å²) >= 11 is 5.82. The van der Waals surface area contributed by atoms with Crippen molar-refractivity contribution in [3.05, 3.63) is 103 Å². The van der Waals surface area contributed by atoms with Crippen molar-refractivity contribution < 1.29 is 14.3 Å². The number of amides is 2. The number of carbonyl (C=O) groups excluding carboxylic acids is 2. The molecule has 6 nitrogen and oxygen atoms in total. The summed E-state index contributed by atoms with van der Waals surface area (Å²) in [6.45, 7) is 0.412. The second kappa shape index (κ2) is 10.2. The molecule has 0 aromatic heterocycles. The number of para-hydroxylation sites is 1. The van der Waals surface area contributed by atoms with Crippen LogP contribution in [0, 0.1) is 0 Å². The van der Waals surface area contributed by atoms with Crippen molar-refractivity contribution in [1.29, 1.82) is 0 Å². The largest absolute Gasteiger partial charge is 0.497 e. The van der Waals surface area contributed by atoms with Crippen LogP contribution in [-0.2, 0) is 16.1 Å². The minimum Gasteiger partial charge on any atom is -0.497 e. The van der Waals surface area contributed by atoms with Gasteiger partial charge in [-0.15, -0.1) is 0 Å². The summed E-state index contributed by atoms with van der Waals surface area (Å²) in [6, 6.07) is 29.9. The average molecular weight is 496 g/mol. The normalized spacial score (nSPS) is 15.4. The number of methoxy groups -OCH3 is 1. The number of fused-ring (bicyclic) bond motifs is 1. The Morgan fingerprint density at radius 1 is 0.917 bits per heavy atom. The van der Waals surface area contributed by atoms with Crippen LogP contribution >= 0.6 is 12.2 Å². The molecule has 4 aromatic rings. The molecule has 1 fully saturated rings. The molecule has 0 spiro atoms. The fraction of sp³-hybridized carbons (Fsp3) is 0.138. The molecule has 36 heavy (non-hydrogen) atoms. The maximum Gasteiger partial charge on any atom is 0.256 e. The molecule has 7 heteroatoms. The third-order valence-corrected chi connectivity index (χ3v) is 6.72. The fourth-order valence-electron chi connectivity index (χ4n) is 4.50. The molecule has 0 unspecified atom stereocenters. The molecule has 1 saturated heterocycles. The molecule has 0 aliphatic carbocycles. The molecule has 2 amide bonds. The zero-order valence-corrected chi connectivity index (χ0v) is 20.6. The summed E-state index contributed by atoms with van der Waals surface area (Å²) in [4.78, 5) is 30.1. The number of ether oxygens (including phenoxy) is 1. The Bertz CT molecular complexity index is 1420. The molecule has 4 aromatic carbocycles. The lowest BCUT2D eigenvalue weighted by molar-refractivity contribution is -0.124. The van der Waals surface area contributed by atoms with E-state index in [0.29, 0.717) is 28.8 Å². The van der Waals surface area contributed by atoms with Crippen LogP contribution in [-0.4, -0.2) is 35.0 Å². The van der Waals surface area contributed by atoms with Crippen LogP contribution in [0.1, 0.15) is 12.0 Å².